The number of rotatable bonds is 11. The van der Waals surface area contributed by atoms with Gasteiger partial charge in [-0.3, -0.25) is 0 Å². The molecule has 0 unspecified atom stereocenters. The van der Waals surface area contributed by atoms with E-state index in [0.717, 1.165) is 11.3 Å². The molecule has 0 atom stereocenters. The van der Waals surface area contributed by atoms with Crippen LogP contribution in [0.5, 0.6) is 11.5 Å². The van der Waals surface area contributed by atoms with Gasteiger partial charge in [-0.25, -0.2) is 13.1 Å². The van der Waals surface area contributed by atoms with Crippen LogP contribution >= 0.6 is 23.4 Å². The van der Waals surface area contributed by atoms with E-state index in [4.69, 9.17) is 21.1 Å². The average Bonchev–Trinajstić information content (AvgIpc) is 2.64. The molecule has 0 aliphatic carbocycles. The quantitative estimate of drug-likeness (QED) is 0.538. The number of thioether (sulfide) groups is 1. The van der Waals surface area contributed by atoms with E-state index in [9.17, 15) is 8.42 Å². The molecule has 0 aliphatic rings. The van der Waals surface area contributed by atoms with Crippen LogP contribution in [0.15, 0.2) is 47.4 Å². The molecular formula is C19H24ClNO4S2. The van der Waals surface area contributed by atoms with Crippen LogP contribution in [0.1, 0.15) is 19.4 Å². The second kappa shape index (κ2) is 10.8. The summed E-state index contributed by atoms with van der Waals surface area (Å²) in [5.41, 5.74) is 1.15. The molecule has 2 aromatic rings. The highest BCUT2D eigenvalue weighted by molar-refractivity contribution is 7.98. The maximum atomic E-state index is 12.5. The molecule has 0 radical (unpaired) electrons. The van der Waals surface area contributed by atoms with Crippen LogP contribution in [-0.4, -0.2) is 33.9 Å². The monoisotopic (exact) mass is 429 g/mol. The molecule has 27 heavy (non-hydrogen) atoms. The van der Waals surface area contributed by atoms with Gasteiger partial charge in [0.05, 0.1) is 18.1 Å². The Kier molecular flexibility index (Phi) is 8.76. The lowest BCUT2D eigenvalue weighted by molar-refractivity contribution is 0.287. The molecule has 0 heterocycles. The fraction of sp³-hybridized carbons (Fsp3) is 0.368. The standard InChI is InChI=1S/C19H24ClNO4S2/c1-3-24-18-10-9-17(13-19(18)25-4-2)27(22,23)21-11-12-26-14-15-5-7-16(20)8-6-15/h5-10,13,21H,3-4,11-12,14H2,1-2H3. The smallest absolute Gasteiger partial charge is 0.240 e. The molecule has 0 fully saturated rings. The summed E-state index contributed by atoms with van der Waals surface area (Å²) in [7, 11) is -3.60. The molecule has 148 valence electrons. The van der Waals surface area contributed by atoms with Crippen molar-refractivity contribution in [3.05, 3.63) is 53.1 Å². The second-order valence-corrected chi connectivity index (χ2v) is 8.86. The molecule has 1 N–H and O–H groups in total. The van der Waals surface area contributed by atoms with Crippen molar-refractivity contribution in [2.24, 2.45) is 0 Å². The molecule has 0 saturated carbocycles. The molecule has 0 bridgehead atoms. The summed E-state index contributed by atoms with van der Waals surface area (Å²) >= 11 is 7.52. The third-order valence-corrected chi connectivity index (χ3v) is 6.29. The molecule has 0 aromatic heterocycles. The number of ether oxygens (including phenoxy) is 2. The number of hydrogen-bond acceptors (Lipinski definition) is 5. The molecule has 5 nitrogen and oxygen atoms in total. The van der Waals surface area contributed by atoms with Crippen LogP contribution in [0.4, 0.5) is 0 Å². The first-order chi connectivity index (χ1) is 13.0. The molecule has 0 aliphatic heterocycles. The fourth-order valence-corrected chi connectivity index (χ4v) is 4.42. The van der Waals surface area contributed by atoms with E-state index in [1.54, 1.807) is 17.8 Å². The summed E-state index contributed by atoms with van der Waals surface area (Å²) in [5.74, 6) is 2.43. The summed E-state index contributed by atoms with van der Waals surface area (Å²) in [6.45, 7) is 4.96. The van der Waals surface area contributed by atoms with Gasteiger partial charge in [0.2, 0.25) is 10.0 Å². The second-order valence-electron chi connectivity index (χ2n) is 5.55. The van der Waals surface area contributed by atoms with Gasteiger partial charge in [0.1, 0.15) is 0 Å². The van der Waals surface area contributed by atoms with Crippen molar-refractivity contribution in [1.29, 1.82) is 0 Å². The van der Waals surface area contributed by atoms with Crippen molar-refractivity contribution in [3.63, 3.8) is 0 Å². The van der Waals surface area contributed by atoms with Crippen LogP contribution in [0.3, 0.4) is 0 Å². The molecule has 2 rings (SSSR count). The van der Waals surface area contributed by atoms with Crippen molar-refractivity contribution < 1.29 is 17.9 Å². The van der Waals surface area contributed by atoms with E-state index in [0.29, 0.717) is 42.0 Å². The Labute approximate surface area is 170 Å². The average molecular weight is 430 g/mol. The van der Waals surface area contributed by atoms with E-state index >= 15 is 0 Å². The van der Waals surface area contributed by atoms with Gasteiger partial charge >= 0.3 is 0 Å². The number of nitrogens with one attached hydrogen (secondary N) is 1. The van der Waals surface area contributed by atoms with Gasteiger partial charge in [0.25, 0.3) is 0 Å². The van der Waals surface area contributed by atoms with E-state index in [-0.39, 0.29) is 4.90 Å². The lowest BCUT2D eigenvalue weighted by Crippen LogP contribution is -2.26. The van der Waals surface area contributed by atoms with Gasteiger partial charge in [-0.1, -0.05) is 23.7 Å². The normalized spacial score (nSPS) is 11.4. The molecular weight excluding hydrogens is 406 g/mol. The van der Waals surface area contributed by atoms with Crippen molar-refractivity contribution >= 4 is 33.4 Å². The van der Waals surface area contributed by atoms with Crippen molar-refractivity contribution in [1.82, 2.24) is 4.72 Å². The highest BCUT2D eigenvalue weighted by atomic mass is 35.5. The first-order valence-corrected chi connectivity index (χ1v) is 11.7. The van der Waals surface area contributed by atoms with Gasteiger partial charge in [-0.2, -0.15) is 11.8 Å². The minimum atomic E-state index is -3.60. The summed E-state index contributed by atoms with van der Waals surface area (Å²) in [4.78, 5) is 0.164. The molecule has 0 spiro atoms. The highest BCUT2D eigenvalue weighted by Gasteiger charge is 2.17. The lowest BCUT2D eigenvalue weighted by atomic mass is 10.2. The van der Waals surface area contributed by atoms with Gasteiger partial charge in [0, 0.05) is 29.1 Å². The first-order valence-electron chi connectivity index (χ1n) is 8.67. The Morgan fingerprint density at radius 3 is 2.33 bits per heavy atom. The van der Waals surface area contributed by atoms with Crippen LogP contribution in [-0.2, 0) is 15.8 Å². The number of sulfonamides is 1. The van der Waals surface area contributed by atoms with Crippen LogP contribution < -0.4 is 14.2 Å². The predicted molar refractivity (Wildman–Crippen MR) is 112 cm³/mol. The van der Waals surface area contributed by atoms with Gasteiger partial charge in [-0.05, 0) is 43.7 Å². The van der Waals surface area contributed by atoms with Crippen molar-refractivity contribution in [3.8, 4) is 11.5 Å². The highest BCUT2D eigenvalue weighted by Crippen LogP contribution is 2.30. The maximum Gasteiger partial charge on any atom is 0.240 e. The van der Waals surface area contributed by atoms with Gasteiger partial charge in [-0.15, -0.1) is 0 Å². The summed E-state index contributed by atoms with van der Waals surface area (Å²) in [6, 6.07) is 12.3. The lowest BCUT2D eigenvalue weighted by Gasteiger charge is -2.13. The molecule has 8 heteroatoms. The summed E-state index contributed by atoms with van der Waals surface area (Å²) in [5, 5.41) is 0.707. The minimum absolute atomic E-state index is 0.164. The van der Waals surface area contributed by atoms with Gasteiger partial charge < -0.3 is 9.47 Å². The zero-order chi connectivity index (χ0) is 19.7. The zero-order valence-corrected chi connectivity index (χ0v) is 17.8. The minimum Gasteiger partial charge on any atom is -0.490 e. The Balaban J connectivity index is 1.89. The van der Waals surface area contributed by atoms with Crippen molar-refractivity contribution in [2.45, 2.75) is 24.5 Å². The largest absolute Gasteiger partial charge is 0.490 e. The van der Waals surface area contributed by atoms with E-state index < -0.39 is 10.0 Å². The molecule has 0 amide bonds. The summed E-state index contributed by atoms with van der Waals surface area (Å²) in [6.07, 6.45) is 0. The Morgan fingerprint density at radius 1 is 1.00 bits per heavy atom. The first kappa shape index (κ1) is 21.9. The third-order valence-electron chi connectivity index (χ3n) is 3.55. The van der Waals surface area contributed by atoms with Crippen molar-refractivity contribution in [2.75, 3.05) is 25.5 Å². The van der Waals surface area contributed by atoms with E-state index in [1.165, 1.54) is 12.1 Å². The maximum absolute atomic E-state index is 12.5. The van der Waals surface area contributed by atoms with Crippen LogP contribution in [0, 0.1) is 0 Å². The zero-order valence-electron chi connectivity index (χ0n) is 15.4. The van der Waals surface area contributed by atoms with Crippen LogP contribution in [0.25, 0.3) is 0 Å². The number of hydrogen-bond donors (Lipinski definition) is 1. The van der Waals surface area contributed by atoms with E-state index in [1.807, 2.05) is 38.1 Å². The Morgan fingerprint density at radius 2 is 1.67 bits per heavy atom. The Bertz CT molecular complexity index is 826. The molecule has 2 aromatic carbocycles. The topological polar surface area (TPSA) is 64.6 Å². The predicted octanol–water partition coefficient (Wildman–Crippen LogP) is 4.35. The number of benzene rings is 2. The fourth-order valence-electron chi connectivity index (χ4n) is 2.30. The van der Waals surface area contributed by atoms with Crippen LogP contribution in [0.2, 0.25) is 5.02 Å². The molecule has 0 saturated heterocycles. The number of halogens is 1. The third kappa shape index (κ3) is 6.92. The van der Waals surface area contributed by atoms with E-state index in [2.05, 4.69) is 4.72 Å². The summed E-state index contributed by atoms with van der Waals surface area (Å²) < 4.78 is 38.6. The SMILES string of the molecule is CCOc1ccc(S(=O)(=O)NCCSCc2ccc(Cl)cc2)cc1OCC. The van der Waals surface area contributed by atoms with Gasteiger partial charge in [0.15, 0.2) is 11.5 Å². The Hall–Kier alpha value is -1.41.